The Bertz CT molecular complexity index is 629. The van der Waals surface area contributed by atoms with Gasteiger partial charge in [-0.1, -0.05) is 30.3 Å². The van der Waals surface area contributed by atoms with Crippen molar-refractivity contribution in [2.45, 2.75) is 31.5 Å². The molecule has 1 aromatic rings. The number of hydrogen-bond donors (Lipinski definition) is 1. The zero-order chi connectivity index (χ0) is 16.5. The standard InChI is InChI=1S/C19H24N4O/c20-9-15-7-4-8-23(15)18(24)10-21-19-16-12-22(13-17(16)19)11-14-5-2-1-3-6-14/h1-3,5-6,15-17,19,21H,4,7-8,10-13H2. The first-order valence-corrected chi connectivity index (χ1v) is 8.95. The molecule has 2 heterocycles. The second kappa shape index (κ2) is 6.54. The van der Waals surface area contributed by atoms with Crippen LogP contribution in [0.1, 0.15) is 18.4 Å². The number of nitrogens with zero attached hydrogens (tertiary/aromatic N) is 3. The van der Waals surface area contributed by atoms with E-state index in [2.05, 4.69) is 46.6 Å². The SMILES string of the molecule is N#CC1CCCN1C(=O)CNC1C2CN(Cc3ccccc3)CC21. The van der Waals surface area contributed by atoms with Crippen molar-refractivity contribution in [3.05, 3.63) is 35.9 Å². The van der Waals surface area contributed by atoms with Gasteiger partial charge in [-0.25, -0.2) is 0 Å². The third-order valence-corrected chi connectivity index (χ3v) is 5.73. The highest BCUT2D eigenvalue weighted by Gasteiger charge is 2.55. The molecule has 0 spiro atoms. The molecule has 3 aliphatic rings. The Balaban J connectivity index is 1.20. The highest BCUT2D eigenvalue weighted by molar-refractivity contribution is 5.79. The quantitative estimate of drug-likeness (QED) is 0.885. The van der Waals surface area contributed by atoms with Crippen LogP contribution in [0.4, 0.5) is 0 Å². The molecule has 3 atom stereocenters. The van der Waals surface area contributed by atoms with E-state index in [0.29, 0.717) is 24.4 Å². The fourth-order valence-corrected chi connectivity index (χ4v) is 4.39. The maximum atomic E-state index is 12.3. The summed E-state index contributed by atoms with van der Waals surface area (Å²) in [6, 6.07) is 13.1. The van der Waals surface area contributed by atoms with Crippen LogP contribution in [0, 0.1) is 23.2 Å². The van der Waals surface area contributed by atoms with Crippen molar-refractivity contribution < 1.29 is 4.79 Å². The van der Waals surface area contributed by atoms with E-state index >= 15 is 0 Å². The van der Waals surface area contributed by atoms with Crippen LogP contribution in [-0.4, -0.2) is 54.0 Å². The Morgan fingerprint density at radius 3 is 2.71 bits per heavy atom. The molecule has 5 heteroatoms. The Morgan fingerprint density at radius 2 is 2.00 bits per heavy atom. The molecule has 2 saturated heterocycles. The lowest BCUT2D eigenvalue weighted by molar-refractivity contribution is -0.130. The van der Waals surface area contributed by atoms with Crippen LogP contribution in [0.3, 0.4) is 0 Å². The van der Waals surface area contributed by atoms with Crippen LogP contribution in [0.5, 0.6) is 0 Å². The van der Waals surface area contributed by atoms with Crippen molar-refractivity contribution in [2.24, 2.45) is 11.8 Å². The number of benzene rings is 1. The number of likely N-dealkylation sites (tertiary alicyclic amines) is 2. The zero-order valence-corrected chi connectivity index (χ0v) is 13.9. The van der Waals surface area contributed by atoms with E-state index in [4.69, 9.17) is 5.26 Å². The monoisotopic (exact) mass is 324 g/mol. The van der Waals surface area contributed by atoms with Gasteiger partial charge in [0.05, 0.1) is 12.6 Å². The van der Waals surface area contributed by atoms with Gasteiger partial charge in [0.2, 0.25) is 5.91 Å². The topological polar surface area (TPSA) is 59.4 Å². The number of nitrogens with one attached hydrogen (secondary N) is 1. The lowest BCUT2D eigenvalue weighted by Crippen LogP contribution is -2.42. The Labute approximate surface area is 143 Å². The van der Waals surface area contributed by atoms with E-state index in [1.807, 2.05) is 0 Å². The molecule has 1 N–H and O–H groups in total. The number of carbonyl (C=O) groups excluding carboxylic acids is 1. The van der Waals surface area contributed by atoms with Crippen molar-refractivity contribution in [1.82, 2.24) is 15.1 Å². The number of amides is 1. The van der Waals surface area contributed by atoms with Crippen molar-refractivity contribution in [2.75, 3.05) is 26.2 Å². The summed E-state index contributed by atoms with van der Waals surface area (Å²) in [5, 5.41) is 12.5. The van der Waals surface area contributed by atoms with Gasteiger partial charge in [-0.15, -0.1) is 0 Å². The molecule has 2 aliphatic heterocycles. The van der Waals surface area contributed by atoms with E-state index < -0.39 is 0 Å². The average molecular weight is 324 g/mol. The molecule has 0 radical (unpaired) electrons. The molecular formula is C19H24N4O. The second-order valence-electron chi connectivity index (χ2n) is 7.29. The minimum Gasteiger partial charge on any atom is -0.326 e. The van der Waals surface area contributed by atoms with Gasteiger partial charge >= 0.3 is 0 Å². The minimum atomic E-state index is -0.209. The first-order valence-electron chi connectivity index (χ1n) is 8.95. The van der Waals surface area contributed by atoms with Crippen molar-refractivity contribution in [3.8, 4) is 6.07 Å². The largest absolute Gasteiger partial charge is 0.326 e. The maximum absolute atomic E-state index is 12.3. The third-order valence-electron chi connectivity index (χ3n) is 5.73. The predicted molar refractivity (Wildman–Crippen MR) is 90.8 cm³/mol. The van der Waals surface area contributed by atoms with Crippen LogP contribution in [0.25, 0.3) is 0 Å². The van der Waals surface area contributed by atoms with Gasteiger partial charge in [0.1, 0.15) is 6.04 Å². The molecular weight excluding hydrogens is 300 g/mol. The summed E-state index contributed by atoms with van der Waals surface area (Å²) in [4.78, 5) is 16.5. The van der Waals surface area contributed by atoms with Gasteiger partial charge in [-0.05, 0) is 30.2 Å². The van der Waals surface area contributed by atoms with Crippen LogP contribution in [0.2, 0.25) is 0 Å². The molecule has 1 saturated carbocycles. The number of rotatable bonds is 5. The van der Waals surface area contributed by atoms with Gasteiger partial charge in [-0.3, -0.25) is 9.69 Å². The average Bonchev–Trinajstić information content (AvgIpc) is 2.99. The second-order valence-corrected chi connectivity index (χ2v) is 7.29. The van der Waals surface area contributed by atoms with E-state index in [1.165, 1.54) is 5.56 Å². The highest BCUT2D eigenvalue weighted by atomic mass is 16.2. The molecule has 1 aliphatic carbocycles. The molecule has 0 bridgehead atoms. The van der Waals surface area contributed by atoms with Gasteiger partial charge in [0, 0.05) is 32.2 Å². The van der Waals surface area contributed by atoms with E-state index in [0.717, 1.165) is 39.0 Å². The first-order chi connectivity index (χ1) is 11.8. The number of carbonyl (C=O) groups is 1. The molecule has 24 heavy (non-hydrogen) atoms. The molecule has 3 fully saturated rings. The van der Waals surface area contributed by atoms with Gasteiger partial charge in [0.15, 0.2) is 0 Å². The fraction of sp³-hybridized carbons (Fsp3) is 0.579. The third kappa shape index (κ3) is 3.04. The lowest BCUT2D eigenvalue weighted by Gasteiger charge is -2.22. The number of hydrogen-bond acceptors (Lipinski definition) is 4. The number of nitriles is 1. The summed E-state index contributed by atoms with van der Waals surface area (Å²) in [6.45, 7) is 4.39. The summed E-state index contributed by atoms with van der Waals surface area (Å²) < 4.78 is 0. The van der Waals surface area contributed by atoms with Gasteiger partial charge in [-0.2, -0.15) is 5.26 Å². The van der Waals surface area contributed by atoms with E-state index in [9.17, 15) is 4.79 Å². The number of piperidine rings is 1. The summed E-state index contributed by atoms with van der Waals surface area (Å²) in [6.07, 6.45) is 1.78. The van der Waals surface area contributed by atoms with Crippen LogP contribution >= 0.6 is 0 Å². The molecule has 5 nitrogen and oxygen atoms in total. The highest BCUT2D eigenvalue weighted by Crippen LogP contribution is 2.45. The molecule has 0 aromatic heterocycles. The van der Waals surface area contributed by atoms with Crippen molar-refractivity contribution in [1.29, 1.82) is 5.26 Å². The normalized spacial score (nSPS) is 31.7. The van der Waals surface area contributed by atoms with Crippen molar-refractivity contribution >= 4 is 5.91 Å². The molecule has 1 aromatic carbocycles. The Kier molecular flexibility index (Phi) is 4.26. The predicted octanol–water partition coefficient (Wildman–Crippen LogP) is 1.22. The van der Waals surface area contributed by atoms with Gasteiger partial charge < -0.3 is 10.2 Å². The zero-order valence-electron chi connectivity index (χ0n) is 13.9. The van der Waals surface area contributed by atoms with Crippen molar-refractivity contribution in [3.63, 3.8) is 0 Å². The Morgan fingerprint density at radius 1 is 1.25 bits per heavy atom. The molecule has 1 amide bonds. The first kappa shape index (κ1) is 15.6. The minimum absolute atomic E-state index is 0.0881. The number of fused-ring (bicyclic) bond motifs is 1. The van der Waals surface area contributed by atoms with Crippen LogP contribution in [0.15, 0.2) is 30.3 Å². The smallest absolute Gasteiger partial charge is 0.237 e. The summed E-state index contributed by atoms with van der Waals surface area (Å²) in [5.74, 6) is 1.46. The maximum Gasteiger partial charge on any atom is 0.237 e. The fourth-order valence-electron chi connectivity index (χ4n) is 4.39. The summed E-state index contributed by atoms with van der Waals surface area (Å²) in [5.41, 5.74) is 1.37. The van der Waals surface area contributed by atoms with Crippen LogP contribution in [-0.2, 0) is 11.3 Å². The molecule has 4 rings (SSSR count). The Hall–Kier alpha value is -1.90. The van der Waals surface area contributed by atoms with Crippen LogP contribution < -0.4 is 5.32 Å². The summed E-state index contributed by atoms with van der Waals surface area (Å²) >= 11 is 0. The van der Waals surface area contributed by atoms with E-state index in [-0.39, 0.29) is 11.9 Å². The van der Waals surface area contributed by atoms with E-state index in [1.54, 1.807) is 4.90 Å². The van der Waals surface area contributed by atoms with Gasteiger partial charge in [0.25, 0.3) is 0 Å². The summed E-state index contributed by atoms with van der Waals surface area (Å²) in [7, 11) is 0. The lowest BCUT2D eigenvalue weighted by atomic mass is 10.2. The molecule has 3 unspecified atom stereocenters. The molecule has 126 valence electrons.